The summed E-state index contributed by atoms with van der Waals surface area (Å²) in [5, 5.41) is 7.63. The van der Waals surface area contributed by atoms with Crippen molar-refractivity contribution >= 4 is 17.5 Å². The Morgan fingerprint density at radius 3 is 2.32 bits per heavy atom. The molecule has 6 heteroatoms. The van der Waals surface area contributed by atoms with E-state index in [1.807, 2.05) is 6.92 Å². The number of hydrogen-bond acceptors (Lipinski definition) is 3. The molecule has 1 unspecified atom stereocenters. The number of unbranched alkanes of at least 4 members (excludes halogenated alkanes) is 4. The fourth-order valence-corrected chi connectivity index (χ4v) is 3.25. The van der Waals surface area contributed by atoms with Crippen molar-refractivity contribution in [3.8, 4) is 0 Å². The van der Waals surface area contributed by atoms with Crippen LogP contribution in [0.2, 0.25) is 5.02 Å². The maximum atomic E-state index is 12.5. The minimum absolute atomic E-state index is 0.0759. The van der Waals surface area contributed by atoms with E-state index >= 15 is 0 Å². The minimum Gasteiger partial charge on any atom is -0.347 e. The standard InChI is InChI=1S/C19H35ClN4O/c1-5-8-10-12-23(13-11-9-6-2)15-16(4)22-19(25)18-17(20)14-21-24(18)7-3/h14,16H,5-13,15H2,1-4H3,(H,22,25). The van der Waals surface area contributed by atoms with Gasteiger partial charge in [0.25, 0.3) is 5.91 Å². The SMILES string of the molecule is CCCCCN(CCCCC)CC(C)NC(=O)c1c(Cl)cnn1CC. The van der Waals surface area contributed by atoms with Gasteiger partial charge in [-0.25, -0.2) is 0 Å². The zero-order valence-electron chi connectivity index (χ0n) is 16.4. The predicted molar refractivity (Wildman–Crippen MR) is 105 cm³/mol. The van der Waals surface area contributed by atoms with Crippen molar-refractivity contribution in [1.82, 2.24) is 20.0 Å². The Morgan fingerprint density at radius 2 is 1.80 bits per heavy atom. The number of rotatable bonds is 13. The first-order chi connectivity index (χ1) is 12.0. The van der Waals surface area contributed by atoms with Crippen LogP contribution in [0.15, 0.2) is 6.20 Å². The summed E-state index contributed by atoms with van der Waals surface area (Å²) in [7, 11) is 0. The molecule has 0 aromatic carbocycles. The Bertz CT molecular complexity index is 494. The van der Waals surface area contributed by atoms with E-state index in [0.717, 1.165) is 19.6 Å². The third-order valence-electron chi connectivity index (χ3n) is 4.37. The van der Waals surface area contributed by atoms with E-state index in [1.165, 1.54) is 44.7 Å². The molecule has 0 saturated carbocycles. The summed E-state index contributed by atoms with van der Waals surface area (Å²) >= 11 is 6.12. The summed E-state index contributed by atoms with van der Waals surface area (Å²) in [5.41, 5.74) is 0.458. The number of carbonyl (C=O) groups excluding carboxylic acids is 1. The molecular formula is C19H35ClN4O. The van der Waals surface area contributed by atoms with Crippen molar-refractivity contribution < 1.29 is 4.79 Å². The van der Waals surface area contributed by atoms with Crippen LogP contribution in [0, 0.1) is 0 Å². The maximum absolute atomic E-state index is 12.5. The summed E-state index contributed by atoms with van der Waals surface area (Å²) in [6.07, 6.45) is 8.96. The number of halogens is 1. The van der Waals surface area contributed by atoms with Gasteiger partial charge in [-0.3, -0.25) is 9.48 Å². The van der Waals surface area contributed by atoms with Crippen LogP contribution in [0.25, 0.3) is 0 Å². The Hall–Kier alpha value is -1.07. The van der Waals surface area contributed by atoms with Gasteiger partial charge < -0.3 is 10.2 Å². The van der Waals surface area contributed by atoms with Gasteiger partial charge >= 0.3 is 0 Å². The van der Waals surface area contributed by atoms with Gasteiger partial charge in [0.1, 0.15) is 5.69 Å². The normalized spacial score (nSPS) is 12.6. The predicted octanol–water partition coefficient (Wildman–Crippen LogP) is 4.36. The van der Waals surface area contributed by atoms with Gasteiger partial charge in [0.2, 0.25) is 0 Å². The Labute approximate surface area is 158 Å². The molecular weight excluding hydrogens is 336 g/mol. The number of hydrogen-bond donors (Lipinski definition) is 1. The smallest absolute Gasteiger partial charge is 0.271 e. The zero-order chi connectivity index (χ0) is 18.7. The molecule has 1 aromatic rings. The second-order valence-corrected chi connectivity index (χ2v) is 7.15. The number of nitrogens with one attached hydrogen (secondary N) is 1. The van der Waals surface area contributed by atoms with Crippen LogP contribution in [0.1, 0.15) is 76.7 Å². The molecule has 1 aromatic heterocycles. The van der Waals surface area contributed by atoms with Crippen molar-refractivity contribution in [2.75, 3.05) is 19.6 Å². The van der Waals surface area contributed by atoms with E-state index in [0.29, 0.717) is 17.3 Å². The van der Waals surface area contributed by atoms with Gasteiger partial charge in [0, 0.05) is 19.1 Å². The molecule has 1 heterocycles. The van der Waals surface area contributed by atoms with Crippen LogP contribution in [-0.2, 0) is 6.54 Å². The average Bonchev–Trinajstić information content (AvgIpc) is 2.95. The monoisotopic (exact) mass is 370 g/mol. The van der Waals surface area contributed by atoms with E-state index in [1.54, 1.807) is 4.68 Å². The van der Waals surface area contributed by atoms with Crippen LogP contribution in [0.5, 0.6) is 0 Å². The quantitative estimate of drug-likeness (QED) is 0.525. The van der Waals surface area contributed by atoms with Crippen molar-refractivity contribution in [3.63, 3.8) is 0 Å². The van der Waals surface area contributed by atoms with Crippen molar-refractivity contribution in [2.24, 2.45) is 0 Å². The molecule has 0 aliphatic rings. The molecule has 25 heavy (non-hydrogen) atoms. The van der Waals surface area contributed by atoms with E-state index in [-0.39, 0.29) is 11.9 Å². The molecule has 0 spiro atoms. The van der Waals surface area contributed by atoms with E-state index in [4.69, 9.17) is 11.6 Å². The molecule has 5 nitrogen and oxygen atoms in total. The van der Waals surface area contributed by atoms with Gasteiger partial charge in [0.05, 0.1) is 11.2 Å². The van der Waals surface area contributed by atoms with Gasteiger partial charge in [-0.1, -0.05) is 51.1 Å². The van der Waals surface area contributed by atoms with Crippen LogP contribution < -0.4 is 5.32 Å². The Morgan fingerprint density at radius 1 is 1.20 bits per heavy atom. The topological polar surface area (TPSA) is 50.2 Å². The summed E-state index contributed by atoms with van der Waals surface area (Å²) in [5.74, 6) is -0.140. The molecule has 144 valence electrons. The average molecular weight is 371 g/mol. The highest BCUT2D eigenvalue weighted by Gasteiger charge is 2.19. The molecule has 1 N–H and O–H groups in total. The second kappa shape index (κ2) is 12.3. The number of nitrogens with zero attached hydrogens (tertiary/aromatic N) is 3. The number of aryl methyl sites for hydroxylation is 1. The van der Waals surface area contributed by atoms with Crippen molar-refractivity contribution in [3.05, 3.63) is 16.9 Å². The highest BCUT2D eigenvalue weighted by Crippen LogP contribution is 2.15. The van der Waals surface area contributed by atoms with E-state index in [2.05, 4.69) is 36.1 Å². The molecule has 1 amide bonds. The van der Waals surface area contributed by atoms with Crippen LogP contribution in [0.3, 0.4) is 0 Å². The van der Waals surface area contributed by atoms with Gasteiger partial charge in [-0.05, 0) is 39.8 Å². The molecule has 1 rings (SSSR count). The third-order valence-corrected chi connectivity index (χ3v) is 4.65. The number of aromatic nitrogens is 2. The first-order valence-corrected chi connectivity index (χ1v) is 10.2. The zero-order valence-corrected chi connectivity index (χ0v) is 17.1. The molecule has 1 atom stereocenters. The lowest BCUT2D eigenvalue weighted by Gasteiger charge is -2.26. The van der Waals surface area contributed by atoms with Crippen LogP contribution in [0.4, 0.5) is 0 Å². The molecule has 0 fully saturated rings. The Kier molecular flexibility index (Phi) is 10.8. The van der Waals surface area contributed by atoms with Gasteiger partial charge in [0.15, 0.2) is 0 Å². The summed E-state index contributed by atoms with van der Waals surface area (Å²) in [6, 6.07) is 0.0759. The van der Waals surface area contributed by atoms with Crippen LogP contribution in [-0.4, -0.2) is 46.3 Å². The first-order valence-electron chi connectivity index (χ1n) is 9.77. The van der Waals surface area contributed by atoms with E-state index < -0.39 is 0 Å². The largest absolute Gasteiger partial charge is 0.347 e. The molecule has 0 bridgehead atoms. The summed E-state index contributed by atoms with van der Waals surface area (Å²) < 4.78 is 1.64. The van der Waals surface area contributed by atoms with Crippen LogP contribution >= 0.6 is 11.6 Å². The maximum Gasteiger partial charge on any atom is 0.271 e. The fourth-order valence-electron chi connectivity index (χ4n) is 3.02. The lowest BCUT2D eigenvalue weighted by atomic mass is 10.2. The lowest BCUT2D eigenvalue weighted by molar-refractivity contribution is 0.0917. The highest BCUT2D eigenvalue weighted by molar-refractivity contribution is 6.33. The van der Waals surface area contributed by atoms with E-state index in [9.17, 15) is 4.79 Å². The Balaban J connectivity index is 2.57. The third kappa shape index (κ3) is 7.78. The molecule has 0 radical (unpaired) electrons. The lowest BCUT2D eigenvalue weighted by Crippen LogP contribution is -2.43. The van der Waals surface area contributed by atoms with Gasteiger partial charge in [-0.15, -0.1) is 0 Å². The first kappa shape index (κ1) is 22.0. The molecule has 0 aliphatic heterocycles. The number of amides is 1. The molecule has 0 saturated heterocycles. The number of carbonyl (C=O) groups is 1. The fraction of sp³-hybridized carbons (Fsp3) is 0.789. The van der Waals surface area contributed by atoms with Crippen molar-refractivity contribution in [2.45, 2.75) is 78.8 Å². The minimum atomic E-state index is -0.140. The summed E-state index contributed by atoms with van der Waals surface area (Å²) in [4.78, 5) is 15.0. The summed E-state index contributed by atoms with van der Waals surface area (Å²) in [6.45, 7) is 12.2. The molecule has 0 aliphatic carbocycles. The van der Waals surface area contributed by atoms with Gasteiger partial charge in [-0.2, -0.15) is 5.10 Å². The second-order valence-electron chi connectivity index (χ2n) is 6.75. The van der Waals surface area contributed by atoms with Crippen molar-refractivity contribution in [1.29, 1.82) is 0 Å². The highest BCUT2D eigenvalue weighted by atomic mass is 35.5.